The number of aromatic nitrogens is 6. The standard InChI is InChI=1S/C25H27N7/c1-2-15-31-16-13-21(14-17-31)32-18-22(27-30-32)25-26-23(19-9-5-3-6-10-19)24(28-29-25)20-11-7-4-8-12-20/h3-12,18,21H,2,13-17H2,1H3. The van der Waals surface area contributed by atoms with Crippen LogP contribution in [0.3, 0.4) is 0 Å². The van der Waals surface area contributed by atoms with Crippen LogP contribution in [0.15, 0.2) is 66.9 Å². The Morgan fingerprint density at radius 1 is 0.812 bits per heavy atom. The van der Waals surface area contributed by atoms with Gasteiger partial charge in [-0.2, -0.15) is 0 Å². The van der Waals surface area contributed by atoms with E-state index in [0.29, 0.717) is 17.6 Å². The molecule has 0 N–H and O–H groups in total. The highest BCUT2D eigenvalue weighted by molar-refractivity contribution is 5.78. The second kappa shape index (κ2) is 9.36. The molecule has 0 radical (unpaired) electrons. The molecule has 1 aliphatic heterocycles. The molecule has 5 rings (SSSR count). The van der Waals surface area contributed by atoms with Gasteiger partial charge >= 0.3 is 0 Å². The molecule has 0 saturated carbocycles. The number of nitrogens with zero attached hydrogens (tertiary/aromatic N) is 7. The maximum absolute atomic E-state index is 4.89. The fraction of sp³-hybridized carbons (Fsp3) is 0.320. The zero-order valence-electron chi connectivity index (χ0n) is 18.3. The fourth-order valence-electron chi connectivity index (χ4n) is 4.30. The fourth-order valence-corrected chi connectivity index (χ4v) is 4.30. The summed E-state index contributed by atoms with van der Waals surface area (Å²) in [7, 11) is 0. The second-order valence-electron chi connectivity index (χ2n) is 8.22. The van der Waals surface area contributed by atoms with Crippen molar-refractivity contribution in [3.05, 3.63) is 66.9 Å². The molecule has 0 bridgehead atoms. The van der Waals surface area contributed by atoms with Crippen LogP contribution in [0.25, 0.3) is 34.0 Å². The van der Waals surface area contributed by atoms with Crippen LogP contribution in [-0.4, -0.2) is 54.7 Å². The van der Waals surface area contributed by atoms with Crippen molar-refractivity contribution >= 4 is 0 Å². The van der Waals surface area contributed by atoms with Crippen LogP contribution >= 0.6 is 0 Å². The van der Waals surface area contributed by atoms with Crippen LogP contribution < -0.4 is 0 Å². The molecule has 2 aromatic carbocycles. The van der Waals surface area contributed by atoms with Crippen LogP contribution in [0.1, 0.15) is 32.2 Å². The van der Waals surface area contributed by atoms with E-state index in [1.807, 2.05) is 71.5 Å². The number of rotatable bonds is 6. The maximum Gasteiger partial charge on any atom is 0.204 e. The first-order chi connectivity index (χ1) is 15.8. The number of likely N-dealkylation sites (tertiary alicyclic amines) is 1. The third kappa shape index (κ3) is 4.29. The lowest BCUT2D eigenvalue weighted by atomic mass is 10.0. The van der Waals surface area contributed by atoms with Crippen molar-refractivity contribution in [1.29, 1.82) is 0 Å². The average Bonchev–Trinajstić information content (AvgIpc) is 3.36. The highest BCUT2D eigenvalue weighted by Gasteiger charge is 2.22. The zero-order valence-corrected chi connectivity index (χ0v) is 18.3. The molecule has 162 valence electrons. The zero-order chi connectivity index (χ0) is 21.8. The van der Waals surface area contributed by atoms with Crippen molar-refractivity contribution < 1.29 is 0 Å². The first-order valence-corrected chi connectivity index (χ1v) is 11.3. The molecule has 0 amide bonds. The Labute approximate surface area is 188 Å². The summed E-state index contributed by atoms with van der Waals surface area (Å²) in [5.41, 5.74) is 4.20. The molecule has 2 aromatic heterocycles. The minimum atomic E-state index is 0.370. The molecule has 7 nitrogen and oxygen atoms in total. The van der Waals surface area contributed by atoms with E-state index >= 15 is 0 Å². The molecular weight excluding hydrogens is 398 g/mol. The van der Waals surface area contributed by atoms with Crippen molar-refractivity contribution in [3.8, 4) is 34.0 Å². The predicted octanol–water partition coefficient (Wildman–Crippen LogP) is 4.51. The van der Waals surface area contributed by atoms with E-state index < -0.39 is 0 Å². The first-order valence-electron chi connectivity index (χ1n) is 11.3. The summed E-state index contributed by atoms with van der Waals surface area (Å²) in [6.07, 6.45) is 5.34. The number of hydrogen-bond donors (Lipinski definition) is 0. The van der Waals surface area contributed by atoms with Gasteiger partial charge in [-0.15, -0.1) is 15.3 Å². The van der Waals surface area contributed by atoms with Gasteiger partial charge in [0.25, 0.3) is 0 Å². The van der Waals surface area contributed by atoms with Gasteiger partial charge in [0, 0.05) is 24.2 Å². The summed E-state index contributed by atoms with van der Waals surface area (Å²) < 4.78 is 1.98. The van der Waals surface area contributed by atoms with Gasteiger partial charge in [0.1, 0.15) is 11.4 Å². The van der Waals surface area contributed by atoms with Crippen LogP contribution in [0.2, 0.25) is 0 Å². The number of hydrogen-bond acceptors (Lipinski definition) is 6. The molecule has 0 spiro atoms. The van der Waals surface area contributed by atoms with Crippen molar-refractivity contribution in [3.63, 3.8) is 0 Å². The van der Waals surface area contributed by atoms with Crippen molar-refractivity contribution in [2.75, 3.05) is 19.6 Å². The van der Waals surface area contributed by atoms with E-state index in [4.69, 9.17) is 4.98 Å². The highest BCUT2D eigenvalue weighted by Crippen LogP contribution is 2.30. The lowest BCUT2D eigenvalue weighted by molar-refractivity contribution is 0.179. The van der Waals surface area contributed by atoms with E-state index in [-0.39, 0.29) is 0 Å². The summed E-state index contributed by atoms with van der Waals surface area (Å²) in [6.45, 7) is 5.62. The molecule has 32 heavy (non-hydrogen) atoms. The van der Waals surface area contributed by atoms with Gasteiger partial charge in [0.2, 0.25) is 5.82 Å². The smallest absolute Gasteiger partial charge is 0.204 e. The summed E-state index contributed by atoms with van der Waals surface area (Å²) >= 11 is 0. The number of piperidine rings is 1. The van der Waals surface area contributed by atoms with Gasteiger partial charge in [0.05, 0.1) is 12.2 Å². The highest BCUT2D eigenvalue weighted by atomic mass is 15.4. The summed E-state index contributed by atoms with van der Waals surface area (Å²) in [4.78, 5) is 7.41. The summed E-state index contributed by atoms with van der Waals surface area (Å²) in [6, 6.07) is 20.5. The molecule has 1 saturated heterocycles. The molecule has 4 aromatic rings. The van der Waals surface area contributed by atoms with Crippen molar-refractivity contribution in [2.24, 2.45) is 0 Å². The minimum Gasteiger partial charge on any atom is -0.303 e. The summed E-state index contributed by atoms with van der Waals surface area (Å²) in [5.74, 6) is 0.498. The normalized spacial score (nSPS) is 15.2. The van der Waals surface area contributed by atoms with E-state index in [1.54, 1.807) is 0 Å². The Hall–Kier alpha value is -3.45. The van der Waals surface area contributed by atoms with Crippen molar-refractivity contribution in [2.45, 2.75) is 32.2 Å². The lowest BCUT2D eigenvalue weighted by Gasteiger charge is -2.31. The molecule has 0 unspecified atom stereocenters. The van der Waals surface area contributed by atoms with Gasteiger partial charge in [-0.1, -0.05) is 72.8 Å². The number of benzene rings is 2. The van der Waals surface area contributed by atoms with E-state index in [0.717, 1.165) is 48.4 Å². The summed E-state index contributed by atoms with van der Waals surface area (Å²) in [5, 5.41) is 17.8. The van der Waals surface area contributed by atoms with Crippen LogP contribution in [0, 0.1) is 0 Å². The van der Waals surface area contributed by atoms with Crippen molar-refractivity contribution in [1.82, 2.24) is 35.1 Å². The Bertz CT molecular complexity index is 1150. The molecule has 7 heteroatoms. The van der Waals surface area contributed by atoms with E-state index in [9.17, 15) is 0 Å². The first kappa shape index (κ1) is 20.5. The molecule has 3 heterocycles. The van der Waals surface area contributed by atoms with E-state index in [2.05, 4.69) is 32.3 Å². The molecule has 0 atom stereocenters. The molecule has 1 fully saturated rings. The van der Waals surface area contributed by atoms with Gasteiger partial charge in [-0.05, 0) is 25.8 Å². The van der Waals surface area contributed by atoms with Gasteiger partial charge < -0.3 is 4.90 Å². The maximum atomic E-state index is 4.89. The van der Waals surface area contributed by atoms with Gasteiger partial charge in [-0.3, -0.25) is 0 Å². The second-order valence-corrected chi connectivity index (χ2v) is 8.22. The predicted molar refractivity (Wildman–Crippen MR) is 125 cm³/mol. The Morgan fingerprint density at radius 2 is 1.47 bits per heavy atom. The SMILES string of the molecule is CCCN1CCC(n2cc(-c3nnc(-c4ccccc4)c(-c4ccccc4)n3)nn2)CC1. The van der Waals surface area contributed by atoms with Crippen LogP contribution in [-0.2, 0) is 0 Å². The average molecular weight is 426 g/mol. The largest absolute Gasteiger partial charge is 0.303 e. The molecule has 0 aliphatic carbocycles. The van der Waals surface area contributed by atoms with E-state index in [1.165, 1.54) is 13.0 Å². The lowest BCUT2D eigenvalue weighted by Crippen LogP contribution is -2.35. The Morgan fingerprint density at radius 3 is 2.12 bits per heavy atom. The minimum absolute atomic E-state index is 0.370. The third-order valence-corrected chi connectivity index (χ3v) is 5.99. The third-order valence-electron chi connectivity index (χ3n) is 5.99. The Kier molecular flexibility index (Phi) is 5.98. The topological polar surface area (TPSA) is 72.6 Å². The van der Waals surface area contributed by atoms with Gasteiger partial charge in [-0.25, -0.2) is 9.67 Å². The molecule has 1 aliphatic rings. The van der Waals surface area contributed by atoms with Crippen LogP contribution in [0.4, 0.5) is 0 Å². The Balaban J connectivity index is 1.45. The van der Waals surface area contributed by atoms with Gasteiger partial charge in [0.15, 0.2) is 5.69 Å². The molecular formula is C25H27N7. The van der Waals surface area contributed by atoms with Crippen LogP contribution in [0.5, 0.6) is 0 Å². The quantitative estimate of drug-likeness (QED) is 0.453. The monoisotopic (exact) mass is 425 g/mol.